The summed E-state index contributed by atoms with van der Waals surface area (Å²) in [4.78, 5) is 13.8. The molecule has 1 aromatic heterocycles. The van der Waals surface area contributed by atoms with E-state index in [1.807, 2.05) is 0 Å². The van der Waals surface area contributed by atoms with Gasteiger partial charge in [0, 0.05) is 5.38 Å². The molecule has 1 heterocycles. The SMILES string of the molecule is N=C(C(=O)O)c1cscn1. The fraction of sp³-hybridized carbons (Fsp3) is 0. The van der Waals surface area contributed by atoms with Gasteiger partial charge in [0.2, 0.25) is 0 Å². The van der Waals surface area contributed by atoms with Crippen molar-refractivity contribution in [3.8, 4) is 0 Å². The van der Waals surface area contributed by atoms with Crippen molar-refractivity contribution >= 4 is 23.0 Å². The van der Waals surface area contributed by atoms with Crippen molar-refractivity contribution in [2.75, 3.05) is 0 Å². The number of rotatable bonds is 2. The number of thiazole rings is 1. The lowest BCUT2D eigenvalue weighted by atomic mass is 10.3. The van der Waals surface area contributed by atoms with E-state index in [0.29, 0.717) is 0 Å². The van der Waals surface area contributed by atoms with Gasteiger partial charge in [0.15, 0.2) is 5.71 Å². The van der Waals surface area contributed by atoms with E-state index >= 15 is 0 Å². The summed E-state index contributed by atoms with van der Waals surface area (Å²) >= 11 is 1.27. The summed E-state index contributed by atoms with van der Waals surface area (Å²) < 4.78 is 0. The Morgan fingerprint density at radius 2 is 2.50 bits per heavy atom. The van der Waals surface area contributed by atoms with Crippen LogP contribution in [0.15, 0.2) is 10.9 Å². The van der Waals surface area contributed by atoms with Crippen LogP contribution in [0.2, 0.25) is 0 Å². The molecule has 0 atom stereocenters. The minimum Gasteiger partial charge on any atom is -0.476 e. The van der Waals surface area contributed by atoms with Crippen molar-refractivity contribution in [3.63, 3.8) is 0 Å². The third kappa shape index (κ3) is 1.19. The standard InChI is InChI=1S/C5H4N2O2S/c6-4(5(8)9)3-1-10-2-7-3/h1-2,6H,(H,8,9). The van der Waals surface area contributed by atoms with E-state index in [-0.39, 0.29) is 5.69 Å². The third-order valence-electron chi connectivity index (χ3n) is 0.902. The average molecular weight is 156 g/mol. The van der Waals surface area contributed by atoms with Crippen molar-refractivity contribution in [1.29, 1.82) is 5.41 Å². The van der Waals surface area contributed by atoms with Crippen LogP contribution in [-0.2, 0) is 4.79 Å². The summed E-state index contributed by atoms with van der Waals surface area (Å²) in [5.74, 6) is -1.24. The molecular weight excluding hydrogens is 152 g/mol. The fourth-order valence-corrected chi connectivity index (χ4v) is 0.988. The van der Waals surface area contributed by atoms with Gasteiger partial charge in [-0.1, -0.05) is 0 Å². The molecule has 0 bridgehead atoms. The van der Waals surface area contributed by atoms with Crippen LogP contribution in [0.3, 0.4) is 0 Å². The normalized spacial score (nSPS) is 9.20. The predicted octanol–water partition coefficient (Wildman–Crippen LogP) is 0.596. The number of aliphatic carboxylic acids is 1. The second-order valence-electron chi connectivity index (χ2n) is 1.55. The highest BCUT2D eigenvalue weighted by molar-refractivity contribution is 7.07. The number of hydrogen-bond donors (Lipinski definition) is 2. The van der Waals surface area contributed by atoms with Gasteiger partial charge < -0.3 is 5.11 Å². The maximum absolute atomic E-state index is 10.1. The molecule has 0 aromatic carbocycles. The first-order valence-electron chi connectivity index (χ1n) is 2.42. The number of carboxylic acid groups (broad SMARTS) is 1. The zero-order chi connectivity index (χ0) is 7.56. The molecule has 2 N–H and O–H groups in total. The molecule has 0 aliphatic carbocycles. The quantitative estimate of drug-likeness (QED) is 0.615. The minimum absolute atomic E-state index is 0.220. The number of nitrogens with one attached hydrogen (secondary N) is 1. The van der Waals surface area contributed by atoms with E-state index in [9.17, 15) is 4.79 Å². The van der Waals surface area contributed by atoms with Gasteiger partial charge in [0.1, 0.15) is 5.69 Å². The Bertz CT molecular complexity index is 255. The molecule has 0 radical (unpaired) electrons. The maximum atomic E-state index is 10.1. The Kier molecular flexibility index (Phi) is 1.77. The summed E-state index contributed by atoms with van der Waals surface area (Å²) in [6, 6.07) is 0. The zero-order valence-electron chi connectivity index (χ0n) is 4.87. The van der Waals surface area contributed by atoms with E-state index in [4.69, 9.17) is 10.5 Å². The molecule has 52 valence electrons. The van der Waals surface area contributed by atoms with Crippen LogP contribution >= 0.6 is 11.3 Å². The van der Waals surface area contributed by atoms with Gasteiger partial charge in [-0.2, -0.15) is 0 Å². The smallest absolute Gasteiger partial charge is 0.356 e. The third-order valence-corrected chi connectivity index (χ3v) is 1.49. The maximum Gasteiger partial charge on any atom is 0.356 e. The Hall–Kier alpha value is -1.23. The molecule has 0 spiro atoms. The lowest BCUT2D eigenvalue weighted by Crippen LogP contribution is -2.12. The highest BCUT2D eigenvalue weighted by atomic mass is 32.1. The van der Waals surface area contributed by atoms with E-state index in [1.165, 1.54) is 22.2 Å². The Morgan fingerprint density at radius 1 is 1.80 bits per heavy atom. The number of carbonyl (C=O) groups is 1. The molecule has 0 saturated heterocycles. The topological polar surface area (TPSA) is 74.0 Å². The summed E-state index contributed by atoms with van der Waals surface area (Å²) in [5, 5.41) is 16.8. The van der Waals surface area contributed by atoms with E-state index < -0.39 is 11.7 Å². The summed E-state index contributed by atoms with van der Waals surface area (Å²) in [6.45, 7) is 0. The molecule has 1 rings (SSSR count). The van der Waals surface area contributed by atoms with Crippen molar-refractivity contribution in [2.45, 2.75) is 0 Å². The molecule has 1 aromatic rings. The molecule has 0 aliphatic heterocycles. The average Bonchev–Trinajstić information content (AvgIpc) is 2.36. The second-order valence-corrected chi connectivity index (χ2v) is 2.27. The number of carboxylic acids is 1. The number of nitrogens with zero attached hydrogens (tertiary/aromatic N) is 1. The minimum atomic E-state index is -1.24. The van der Waals surface area contributed by atoms with E-state index in [1.54, 1.807) is 0 Å². The molecule has 10 heavy (non-hydrogen) atoms. The molecular formula is C5H4N2O2S. The van der Waals surface area contributed by atoms with Crippen molar-refractivity contribution in [3.05, 3.63) is 16.6 Å². The Labute approximate surface area is 60.7 Å². The highest BCUT2D eigenvalue weighted by Gasteiger charge is 2.10. The van der Waals surface area contributed by atoms with Crippen LogP contribution in [0, 0.1) is 5.41 Å². The van der Waals surface area contributed by atoms with Crippen molar-refractivity contribution < 1.29 is 9.90 Å². The monoisotopic (exact) mass is 156 g/mol. The molecule has 5 heteroatoms. The van der Waals surface area contributed by atoms with E-state index in [0.717, 1.165) is 0 Å². The van der Waals surface area contributed by atoms with Crippen LogP contribution in [0.5, 0.6) is 0 Å². The van der Waals surface area contributed by atoms with Crippen LogP contribution in [0.4, 0.5) is 0 Å². The summed E-state index contributed by atoms with van der Waals surface area (Å²) in [5.41, 5.74) is 1.26. The molecule has 0 saturated carbocycles. The number of hydrogen-bond acceptors (Lipinski definition) is 4. The van der Waals surface area contributed by atoms with Gasteiger partial charge in [-0.3, -0.25) is 5.41 Å². The Balaban J connectivity index is 2.88. The first-order valence-corrected chi connectivity index (χ1v) is 3.36. The van der Waals surface area contributed by atoms with E-state index in [2.05, 4.69) is 4.98 Å². The fourth-order valence-electron chi connectivity index (χ4n) is 0.446. The summed E-state index contributed by atoms with van der Waals surface area (Å²) in [6.07, 6.45) is 0. The van der Waals surface area contributed by atoms with Gasteiger partial charge in [-0.15, -0.1) is 11.3 Å². The van der Waals surface area contributed by atoms with Gasteiger partial charge >= 0.3 is 5.97 Å². The predicted molar refractivity (Wildman–Crippen MR) is 36.6 cm³/mol. The van der Waals surface area contributed by atoms with Gasteiger partial charge in [-0.25, -0.2) is 9.78 Å². The molecule has 0 amide bonds. The van der Waals surface area contributed by atoms with Crippen LogP contribution in [0.25, 0.3) is 0 Å². The molecule has 0 aliphatic rings. The highest BCUT2D eigenvalue weighted by Crippen LogP contribution is 2.01. The molecule has 0 fully saturated rings. The lowest BCUT2D eigenvalue weighted by Gasteiger charge is -1.88. The summed E-state index contributed by atoms with van der Waals surface area (Å²) in [7, 11) is 0. The van der Waals surface area contributed by atoms with Crippen molar-refractivity contribution in [2.24, 2.45) is 0 Å². The first kappa shape index (κ1) is 6.88. The first-order chi connectivity index (χ1) is 4.72. The van der Waals surface area contributed by atoms with Gasteiger partial charge in [-0.05, 0) is 0 Å². The van der Waals surface area contributed by atoms with Crippen LogP contribution in [-0.4, -0.2) is 21.8 Å². The number of aromatic nitrogens is 1. The van der Waals surface area contributed by atoms with Crippen LogP contribution in [0.1, 0.15) is 5.69 Å². The van der Waals surface area contributed by atoms with Crippen molar-refractivity contribution in [1.82, 2.24) is 4.98 Å². The Morgan fingerprint density at radius 3 is 2.90 bits per heavy atom. The largest absolute Gasteiger partial charge is 0.476 e. The van der Waals surface area contributed by atoms with Gasteiger partial charge in [0.25, 0.3) is 0 Å². The lowest BCUT2D eigenvalue weighted by molar-refractivity contribution is -0.129. The second kappa shape index (κ2) is 2.57. The molecule has 0 unspecified atom stereocenters. The zero-order valence-corrected chi connectivity index (χ0v) is 5.68. The van der Waals surface area contributed by atoms with Crippen LogP contribution < -0.4 is 0 Å². The molecule has 4 nitrogen and oxygen atoms in total. The van der Waals surface area contributed by atoms with Gasteiger partial charge in [0.05, 0.1) is 5.51 Å².